The van der Waals surface area contributed by atoms with Gasteiger partial charge < -0.3 is 10.1 Å². The third-order valence-electron chi connectivity index (χ3n) is 2.74. The van der Waals surface area contributed by atoms with Crippen LogP contribution in [0.5, 0.6) is 5.75 Å². The molecule has 1 aromatic heterocycles. The van der Waals surface area contributed by atoms with Crippen LogP contribution in [0.2, 0.25) is 0 Å². The van der Waals surface area contributed by atoms with Gasteiger partial charge in [-0.2, -0.15) is 0 Å². The molecule has 0 radical (unpaired) electrons. The molecule has 3 nitrogen and oxygen atoms in total. The summed E-state index contributed by atoms with van der Waals surface area (Å²) in [5.41, 5.74) is 2.25. The topological polar surface area (TPSA) is 34.1 Å². The molecule has 2 aromatic rings. The largest absolute Gasteiger partial charge is 0.497 e. The van der Waals surface area contributed by atoms with Crippen molar-refractivity contribution in [2.45, 2.75) is 32.7 Å². The highest BCUT2D eigenvalue weighted by Gasteiger charge is 2.17. The van der Waals surface area contributed by atoms with E-state index >= 15 is 0 Å². The van der Waals surface area contributed by atoms with Crippen molar-refractivity contribution in [3.63, 3.8) is 0 Å². The molecule has 102 valence electrons. The number of anilines is 1. The second-order valence-electron chi connectivity index (χ2n) is 5.48. The summed E-state index contributed by atoms with van der Waals surface area (Å²) in [6, 6.07) is 7.92. The van der Waals surface area contributed by atoms with Gasteiger partial charge in [0.25, 0.3) is 0 Å². The summed E-state index contributed by atoms with van der Waals surface area (Å²) in [6.45, 7) is 7.29. The zero-order chi connectivity index (χ0) is 13.9. The Kier molecular flexibility index (Phi) is 4.10. The monoisotopic (exact) mass is 276 g/mol. The highest BCUT2D eigenvalue weighted by Crippen LogP contribution is 2.26. The van der Waals surface area contributed by atoms with Crippen molar-refractivity contribution in [1.82, 2.24) is 4.98 Å². The Morgan fingerprint density at radius 1 is 1.32 bits per heavy atom. The Morgan fingerprint density at radius 2 is 2.11 bits per heavy atom. The molecule has 0 atom stereocenters. The lowest BCUT2D eigenvalue weighted by Crippen LogP contribution is -2.11. The Bertz CT molecular complexity index is 543. The van der Waals surface area contributed by atoms with Crippen LogP contribution in [0.1, 0.15) is 31.5 Å². The lowest BCUT2D eigenvalue weighted by Gasteiger charge is -2.13. The number of nitrogens with zero attached hydrogens (tertiary/aromatic N) is 1. The van der Waals surface area contributed by atoms with Crippen LogP contribution >= 0.6 is 11.3 Å². The number of hydrogen-bond acceptors (Lipinski definition) is 4. The summed E-state index contributed by atoms with van der Waals surface area (Å²) in [4.78, 5) is 4.66. The van der Waals surface area contributed by atoms with Crippen molar-refractivity contribution < 1.29 is 4.74 Å². The third kappa shape index (κ3) is 3.70. The van der Waals surface area contributed by atoms with Gasteiger partial charge in [0.2, 0.25) is 0 Å². The van der Waals surface area contributed by atoms with Gasteiger partial charge in [-0.15, -0.1) is 11.3 Å². The molecule has 0 spiro atoms. The first-order valence-corrected chi connectivity index (χ1v) is 7.20. The molecule has 0 saturated heterocycles. The number of benzene rings is 1. The van der Waals surface area contributed by atoms with Gasteiger partial charge in [0.1, 0.15) is 5.75 Å². The van der Waals surface area contributed by atoms with Crippen molar-refractivity contribution in [3.05, 3.63) is 40.3 Å². The molecule has 0 amide bonds. The molecule has 1 heterocycles. The van der Waals surface area contributed by atoms with Crippen LogP contribution < -0.4 is 10.1 Å². The van der Waals surface area contributed by atoms with Gasteiger partial charge in [0.05, 0.1) is 24.4 Å². The molecule has 0 fully saturated rings. The number of nitrogens with one attached hydrogen (secondary N) is 1. The van der Waals surface area contributed by atoms with Gasteiger partial charge in [-0.3, -0.25) is 0 Å². The summed E-state index contributed by atoms with van der Waals surface area (Å²) in [7, 11) is 1.68. The molecule has 0 aliphatic rings. The van der Waals surface area contributed by atoms with E-state index in [9.17, 15) is 0 Å². The maximum absolute atomic E-state index is 5.20. The van der Waals surface area contributed by atoms with Gasteiger partial charge in [0.15, 0.2) is 0 Å². The van der Waals surface area contributed by atoms with Crippen LogP contribution in [0, 0.1) is 0 Å². The van der Waals surface area contributed by atoms with E-state index in [0.717, 1.165) is 23.7 Å². The predicted molar refractivity (Wildman–Crippen MR) is 81.1 cm³/mol. The minimum absolute atomic E-state index is 0.124. The summed E-state index contributed by atoms with van der Waals surface area (Å²) in [5, 5.41) is 6.66. The quantitative estimate of drug-likeness (QED) is 0.914. The molecule has 4 heteroatoms. The summed E-state index contributed by atoms with van der Waals surface area (Å²) in [5.74, 6) is 0.860. The van der Waals surface area contributed by atoms with E-state index in [1.54, 1.807) is 18.4 Å². The van der Waals surface area contributed by atoms with Gasteiger partial charge in [-0.05, 0) is 12.1 Å². The second-order valence-corrected chi connectivity index (χ2v) is 6.34. The SMILES string of the molecule is COc1cccc(NCc2csc(C(C)(C)C)n2)c1. The lowest BCUT2D eigenvalue weighted by molar-refractivity contribution is 0.415. The fourth-order valence-electron chi connectivity index (χ4n) is 1.66. The second kappa shape index (κ2) is 5.61. The van der Waals surface area contributed by atoms with E-state index in [-0.39, 0.29) is 5.41 Å². The first-order chi connectivity index (χ1) is 8.99. The highest BCUT2D eigenvalue weighted by atomic mass is 32.1. The lowest BCUT2D eigenvalue weighted by atomic mass is 9.98. The van der Waals surface area contributed by atoms with E-state index in [4.69, 9.17) is 4.74 Å². The highest BCUT2D eigenvalue weighted by molar-refractivity contribution is 7.09. The van der Waals surface area contributed by atoms with Gasteiger partial charge in [-0.1, -0.05) is 26.8 Å². The average Bonchev–Trinajstić information content (AvgIpc) is 2.85. The molecule has 0 bridgehead atoms. The van der Waals surface area contributed by atoms with Crippen LogP contribution in [0.3, 0.4) is 0 Å². The van der Waals surface area contributed by atoms with Gasteiger partial charge in [-0.25, -0.2) is 4.98 Å². The molecule has 0 unspecified atom stereocenters. The van der Waals surface area contributed by atoms with Crippen molar-refractivity contribution >= 4 is 17.0 Å². The van der Waals surface area contributed by atoms with Crippen molar-refractivity contribution in [2.75, 3.05) is 12.4 Å². The molecule has 19 heavy (non-hydrogen) atoms. The van der Waals surface area contributed by atoms with E-state index in [0.29, 0.717) is 0 Å². The first kappa shape index (κ1) is 13.9. The van der Waals surface area contributed by atoms with Crippen molar-refractivity contribution in [2.24, 2.45) is 0 Å². The maximum atomic E-state index is 5.20. The molecule has 0 saturated carbocycles. The summed E-state index contributed by atoms with van der Waals surface area (Å²) >= 11 is 1.72. The van der Waals surface area contributed by atoms with Gasteiger partial charge in [0, 0.05) is 22.5 Å². The number of aromatic nitrogens is 1. The van der Waals surface area contributed by atoms with Crippen LogP contribution in [0.15, 0.2) is 29.6 Å². The normalized spacial score (nSPS) is 11.4. The number of ether oxygens (including phenoxy) is 1. The Hall–Kier alpha value is -1.55. The minimum atomic E-state index is 0.124. The molecule has 0 aliphatic carbocycles. The number of hydrogen-bond donors (Lipinski definition) is 1. The first-order valence-electron chi connectivity index (χ1n) is 6.32. The predicted octanol–water partition coefficient (Wildman–Crippen LogP) is 4.06. The van der Waals surface area contributed by atoms with Crippen LogP contribution in [0.25, 0.3) is 0 Å². The third-order valence-corrected chi connectivity index (χ3v) is 4.05. The Balaban J connectivity index is 2.00. The molecule has 0 aliphatic heterocycles. The standard InChI is InChI=1S/C15H20N2OS/c1-15(2,3)14-17-12(10-19-14)9-16-11-6-5-7-13(8-11)18-4/h5-8,10,16H,9H2,1-4H3. The molecular formula is C15H20N2OS. The fourth-order valence-corrected chi connectivity index (χ4v) is 2.57. The van der Waals surface area contributed by atoms with E-state index < -0.39 is 0 Å². The maximum Gasteiger partial charge on any atom is 0.120 e. The molecular weight excluding hydrogens is 256 g/mol. The zero-order valence-electron chi connectivity index (χ0n) is 11.9. The summed E-state index contributed by atoms with van der Waals surface area (Å²) in [6.07, 6.45) is 0. The number of methoxy groups -OCH3 is 1. The molecule has 1 N–H and O–H groups in total. The van der Waals surface area contributed by atoms with Crippen LogP contribution in [-0.2, 0) is 12.0 Å². The fraction of sp³-hybridized carbons (Fsp3) is 0.400. The molecule has 2 rings (SSSR count). The van der Waals surface area contributed by atoms with E-state index in [1.165, 1.54) is 5.01 Å². The molecule has 1 aromatic carbocycles. The van der Waals surface area contributed by atoms with Crippen molar-refractivity contribution in [3.8, 4) is 5.75 Å². The average molecular weight is 276 g/mol. The number of rotatable bonds is 4. The van der Waals surface area contributed by atoms with E-state index in [2.05, 4.69) is 36.5 Å². The number of thiazole rings is 1. The minimum Gasteiger partial charge on any atom is -0.497 e. The zero-order valence-corrected chi connectivity index (χ0v) is 12.7. The van der Waals surface area contributed by atoms with Gasteiger partial charge >= 0.3 is 0 Å². The Morgan fingerprint density at radius 3 is 2.74 bits per heavy atom. The van der Waals surface area contributed by atoms with Crippen LogP contribution in [-0.4, -0.2) is 12.1 Å². The Labute approximate surface area is 118 Å². The summed E-state index contributed by atoms with van der Waals surface area (Å²) < 4.78 is 5.20. The van der Waals surface area contributed by atoms with Crippen LogP contribution in [0.4, 0.5) is 5.69 Å². The van der Waals surface area contributed by atoms with E-state index in [1.807, 2.05) is 24.3 Å². The van der Waals surface area contributed by atoms with Crippen molar-refractivity contribution in [1.29, 1.82) is 0 Å². The smallest absolute Gasteiger partial charge is 0.120 e.